The van der Waals surface area contributed by atoms with Gasteiger partial charge in [0.25, 0.3) is 5.91 Å². The van der Waals surface area contributed by atoms with Gasteiger partial charge in [-0.3, -0.25) is 4.79 Å². The largest absolute Gasteiger partial charge is 0.353 e. The van der Waals surface area contributed by atoms with Crippen LogP contribution in [0.15, 0.2) is 54.6 Å². The Hall–Kier alpha value is -3.28. The van der Waals surface area contributed by atoms with Gasteiger partial charge in [0.1, 0.15) is 11.6 Å². The van der Waals surface area contributed by atoms with Gasteiger partial charge in [-0.15, -0.1) is 0 Å². The highest BCUT2D eigenvalue weighted by molar-refractivity contribution is 5.94. The van der Waals surface area contributed by atoms with E-state index in [9.17, 15) is 9.18 Å². The van der Waals surface area contributed by atoms with Gasteiger partial charge in [0, 0.05) is 48.6 Å². The molecule has 5 nitrogen and oxygen atoms in total. The van der Waals surface area contributed by atoms with Gasteiger partial charge < -0.3 is 9.80 Å². The average molecular weight is 404 g/mol. The summed E-state index contributed by atoms with van der Waals surface area (Å²) in [5.41, 5.74) is 3.38. The molecule has 1 aliphatic rings. The molecule has 30 heavy (non-hydrogen) atoms. The summed E-state index contributed by atoms with van der Waals surface area (Å²) in [7, 11) is 0. The van der Waals surface area contributed by atoms with Gasteiger partial charge >= 0.3 is 0 Å². The van der Waals surface area contributed by atoms with E-state index in [1.807, 2.05) is 48.2 Å². The van der Waals surface area contributed by atoms with Crippen LogP contribution in [-0.2, 0) is 6.42 Å². The van der Waals surface area contributed by atoms with E-state index in [1.165, 1.54) is 12.1 Å². The maximum atomic E-state index is 13.7. The van der Waals surface area contributed by atoms with Crippen molar-refractivity contribution in [2.24, 2.45) is 0 Å². The minimum atomic E-state index is -0.303. The SMILES string of the molecule is CCc1c(C)nc(-c2cccc(F)c2)nc1N1CCN(C(=O)c2ccccc2)CC1. The van der Waals surface area contributed by atoms with Crippen LogP contribution >= 0.6 is 0 Å². The van der Waals surface area contributed by atoms with E-state index in [4.69, 9.17) is 4.98 Å². The first-order valence-electron chi connectivity index (χ1n) is 10.3. The number of aromatic nitrogens is 2. The van der Waals surface area contributed by atoms with E-state index in [2.05, 4.69) is 16.8 Å². The lowest BCUT2D eigenvalue weighted by Gasteiger charge is -2.36. The maximum absolute atomic E-state index is 13.7. The predicted octanol–water partition coefficient (Wildman–Crippen LogP) is 4.12. The quantitative estimate of drug-likeness (QED) is 0.657. The lowest BCUT2D eigenvalue weighted by atomic mass is 10.1. The summed E-state index contributed by atoms with van der Waals surface area (Å²) >= 11 is 0. The number of carbonyl (C=O) groups excluding carboxylic acids is 1. The molecule has 1 fully saturated rings. The number of anilines is 1. The number of piperazine rings is 1. The minimum absolute atomic E-state index is 0.0604. The van der Waals surface area contributed by atoms with E-state index < -0.39 is 0 Å². The van der Waals surface area contributed by atoms with Crippen LogP contribution in [0.3, 0.4) is 0 Å². The lowest BCUT2D eigenvalue weighted by molar-refractivity contribution is 0.0746. The smallest absolute Gasteiger partial charge is 0.253 e. The van der Waals surface area contributed by atoms with E-state index in [0.717, 1.165) is 23.5 Å². The van der Waals surface area contributed by atoms with Crippen molar-refractivity contribution in [2.75, 3.05) is 31.1 Å². The number of nitrogens with zero attached hydrogens (tertiary/aromatic N) is 4. The van der Waals surface area contributed by atoms with Gasteiger partial charge in [-0.25, -0.2) is 14.4 Å². The first kappa shape index (κ1) is 20.0. The van der Waals surface area contributed by atoms with Crippen LogP contribution in [0, 0.1) is 12.7 Å². The monoisotopic (exact) mass is 404 g/mol. The molecule has 154 valence electrons. The number of hydrogen-bond acceptors (Lipinski definition) is 4. The summed E-state index contributed by atoms with van der Waals surface area (Å²) in [5, 5.41) is 0. The van der Waals surface area contributed by atoms with Crippen LogP contribution < -0.4 is 4.90 Å². The normalized spacial score (nSPS) is 14.1. The third kappa shape index (κ3) is 4.03. The summed E-state index contributed by atoms with van der Waals surface area (Å²) in [6, 6.07) is 15.7. The van der Waals surface area contributed by atoms with Gasteiger partial charge in [0.2, 0.25) is 0 Å². The summed E-state index contributed by atoms with van der Waals surface area (Å²) in [4.78, 5) is 26.3. The third-order valence-electron chi connectivity index (χ3n) is 5.52. The first-order valence-corrected chi connectivity index (χ1v) is 10.3. The Morgan fingerprint density at radius 1 is 1.00 bits per heavy atom. The molecule has 0 unspecified atom stereocenters. The fourth-order valence-corrected chi connectivity index (χ4v) is 3.90. The second-order valence-electron chi connectivity index (χ2n) is 7.44. The van der Waals surface area contributed by atoms with Crippen LogP contribution in [0.1, 0.15) is 28.5 Å². The molecule has 0 aliphatic carbocycles. The van der Waals surface area contributed by atoms with Crippen molar-refractivity contribution in [1.82, 2.24) is 14.9 Å². The predicted molar refractivity (Wildman–Crippen MR) is 116 cm³/mol. The van der Waals surface area contributed by atoms with Gasteiger partial charge in [-0.1, -0.05) is 37.3 Å². The zero-order valence-electron chi connectivity index (χ0n) is 17.3. The molecule has 1 amide bonds. The Morgan fingerprint density at radius 3 is 2.40 bits per heavy atom. The van der Waals surface area contributed by atoms with Gasteiger partial charge in [-0.05, 0) is 37.6 Å². The number of rotatable bonds is 4. The first-order chi connectivity index (χ1) is 14.6. The maximum Gasteiger partial charge on any atom is 0.253 e. The molecule has 4 rings (SSSR count). The van der Waals surface area contributed by atoms with E-state index >= 15 is 0 Å². The standard InChI is InChI=1S/C24H25FN4O/c1-3-21-17(2)26-22(19-10-7-11-20(25)16-19)27-23(21)28-12-14-29(15-13-28)24(30)18-8-5-4-6-9-18/h4-11,16H,3,12-15H2,1-2H3. The van der Waals surface area contributed by atoms with Crippen molar-refractivity contribution in [3.63, 3.8) is 0 Å². The molecule has 0 radical (unpaired) electrons. The Kier molecular flexibility index (Phi) is 5.74. The summed E-state index contributed by atoms with van der Waals surface area (Å²) in [6.45, 7) is 6.73. The Morgan fingerprint density at radius 2 is 1.73 bits per heavy atom. The molecule has 0 spiro atoms. The Labute approximate surface area is 176 Å². The topological polar surface area (TPSA) is 49.3 Å². The Bertz CT molecular complexity index is 1050. The second-order valence-corrected chi connectivity index (χ2v) is 7.44. The van der Waals surface area contributed by atoms with Crippen molar-refractivity contribution in [3.8, 4) is 11.4 Å². The van der Waals surface area contributed by atoms with Crippen LogP contribution in [-0.4, -0.2) is 47.0 Å². The molecular weight excluding hydrogens is 379 g/mol. The second kappa shape index (κ2) is 8.61. The van der Waals surface area contributed by atoms with Gasteiger partial charge in [-0.2, -0.15) is 0 Å². The average Bonchev–Trinajstić information content (AvgIpc) is 2.79. The highest BCUT2D eigenvalue weighted by atomic mass is 19.1. The molecule has 1 aromatic heterocycles. The van der Waals surface area contributed by atoms with Crippen LogP contribution in [0.2, 0.25) is 0 Å². The number of amides is 1. The molecule has 0 saturated carbocycles. The van der Waals surface area contributed by atoms with E-state index in [-0.39, 0.29) is 11.7 Å². The van der Waals surface area contributed by atoms with Crippen LogP contribution in [0.5, 0.6) is 0 Å². The van der Waals surface area contributed by atoms with Crippen molar-refractivity contribution < 1.29 is 9.18 Å². The molecule has 1 aliphatic heterocycles. The van der Waals surface area contributed by atoms with Crippen LogP contribution in [0.25, 0.3) is 11.4 Å². The lowest BCUT2D eigenvalue weighted by Crippen LogP contribution is -2.49. The fraction of sp³-hybridized carbons (Fsp3) is 0.292. The molecule has 6 heteroatoms. The molecule has 2 aromatic carbocycles. The number of hydrogen-bond donors (Lipinski definition) is 0. The van der Waals surface area contributed by atoms with E-state index in [1.54, 1.807) is 6.07 Å². The third-order valence-corrected chi connectivity index (χ3v) is 5.52. The van der Waals surface area contributed by atoms with Crippen molar-refractivity contribution in [2.45, 2.75) is 20.3 Å². The molecule has 3 aromatic rings. The molecular formula is C24H25FN4O. The molecule has 0 bridgehead atoms. The number of aryl methyl sites for hydroxylation is 1. The molecule has 1 saturated heterocycles. The molecule has 0 N–H and O–H groups in total. The van der Waals surface area contributed by atoms with Gasteiger partial charge in [0.15, 0.2) is 5.82 Å². The highest BCUT2D eigenvalue weighted by Crippen LogP contribution is 2.27. The van der Waals surface area contributed by atoms with Crippen molar-refractivity contribution in [3.05, 3.63) is 77.2 Å². The summed E-state index contributed by atoms with van der Waals surface area (Å²) < 4.78 is 13.7. The fourth-order valence-electron chi connectivity index (χ4n) is 3.90. The Balaban J connectivity index is 1.57. The molecule has 2 heterocycles. The van der Waals surface area contributed by atoms with Crippen LogP contribution in [0.4, 0.5) is 10.2 Å². The zero-order valence-corrected chi connectivity index (χ0v) is 17.3. The van der Waals surface area contributed by atoms with Crippen molar-refractivity contribution >= 4 is 11.7 Å². The summed E-state index contributed by atoms with van der Waals surface area (Å²) in [5.74, 6) is 1.17. The van der Waals surface area contributed by atoms with E-state index in [0.29, 0.717) is 43.1 Å². The zero-order chi connectivity index (χ0) is 21.1. The van der Waals surface area contributed by atoms with Gasteiger partial charge in [0.05, 0.1) is 0 Å². The number of halogens is 1. The molecule has 0 atom stereocenters. The van der Waals surface area contributed by atoms with Crippen molar-refractivity contribution in [1.29, 1.82) is 0 Å². The summed E-state index contributed by atoms with van der Waals surface area (Å²) in [6.07, 6.45) is 0.813. The number of carbonyl (C=O) groups is 1. The highest BCUT2D eigenvalue weighted by Gasteiger charge is 2.25. The minimum Gasteiger partial charge on any atom is -0.353 e. The number of benzene rings is 2.